The van der Waals surface area contributed by atoms with Crippen molar-refractivity contribution in [3.8, 4) is 0 Å². The molecular weight excluding hydrogens is 284 g/mol. The van der Waals surface area contributed by atoms with Gasteiger partial charge in [0.25, 0.3) is 5.91 Å². The average molecular weight is 304 g/mol. The maximum Gasteiger partial charge on any atom is 0.277 e. The van der Waals surface area contributed by atoms with Crippen molar-refractivity contribution in [3.63, 3.8) is 0 Å². The smallest absolute Gasteiger partial charge is 0.277 e. The molecule has 0 aromatic carbocycles. The third kappa shape index (κ3) is 2.33. The number of aromatic nitrogens is 2. The van der Waals surface area contributed by atoms with Crippen LogP contribution in [0.2, 0.25) is 0 Å². The van der Waals surface area contributed by atoms with Gasteiger partial charge in [0.1, 0.15) is 0 Å². The number of carbonyl (C=O) groups excluding carboxylic acids is 1. The van der Waals surface area contributed by atoms with E-state index < -0.39 is 0 Å². The number of fused-ring (bicyclic) bond motifs is 1. The van der Waals surface area contributed by atoms with Crippen molar-refractivity contribution < 1.29 is 4.79 Å². The summed E-state index contributed by atoms with van der Waals surface area (Å²) in [4.78, 5) is 16.1. The Morgan fingerprint density at radius 1 is 1.52 bits per heavy atom. The van der Waals surface area contributed by atoms with Gasteiger partial charge in [-0.15, -0.1) is 11.3 Å². The molecule has 2 aromatic rings. The summed E-state index contributed by atoms with van der Waals surface area (Å²) >= 11 is 1.78. The molecule has 0 saturated carbocycles. The maximum absolute atomic E-state index is 12.8. The van der Waals surface area contributed by atoms with E-state index in [1.165, 1.54) is 10.4 Å². The van der Waals surface area contributed by atoms with E-state index in [1.54, 1.807) is 22.2 Å². The molecule has 2 aromatic heterocycles. The van der Waals surface area contributed by atoms with Crippen LogP contribution in [0, 0.1) is 0 Å². The predicted octanol–water partition coefficient (Wildman–Crippen LogP) is 2.70. The lowest BCUT2D eigenvalue weighted by Crippen LogP contribution is -2.39. The summed E-state index contributed by atoms with van der Waals surface area (Å²) in [6.45, 7) is 5.55. The summed E-state index contributed by atoms with van der Waals surface area (Å²) in [7, 11) is 0. The Kier molecular flexibility index (Phi) is 3.71. The summed E-state index contributed by atoms with van der Waals surface area (Å²) in [5.74, 6) is -0.0524. The van der Waals surface area contributed by atoms with E-state index in [0.717, 1.165) is 19.4 Å². The number of amides is 1. The van der Waals surface area contributed by atoms with Crippen molar-refractivity contribution in [2.45, 2.75) is 39.3 Å². The zero-order valence-electron chi connectivity index (χ0n) is 12.4. The number of nitrogen functional groups attached to an aromatic ring is 1. The first-order valence-corrected chi connectivity index (χ1v) is 8.23. The van der Waals surface area contributed by atoms with Crippen LogP contribution < -0.4 is 5.73 Å². The molecule has 1 unspecified atom stereocenters. The summed E-state index contributed by atoms with van der Waals surface area (Å²) in [5, 5.41) is 6.43. The summed E-state index contributed by atoms with van der Waals surface area (Å²) in [6.07, 6.45) is 3.56. The number of hydrogen-bond donors (Lipinski definition) is 1. The van der Waals surface area contributed by atoms with E-state index in [2.05, 4.69) is 23.5 Å². The van der Waals surface area contributed by atoms with Crippen LogP contribution >= 0.6 is 11.3 Å². The quantitative estimate of drug-likeness (QED) is 0.948. The minimum Gasteiger partial charge on any atom is -0.396 e. The van der Waals surface area contributed by atoms with Crippen LogP contribution in [0.25, 0.3) is 0 Å². The van der Waals surface area contributed by atoms with Crippen LogP contribution in [0.1, 0.15) is 47.2 Å². The summed E-state index contributed by atoms with van der Waals surface area (Å²) < 4.78 is 1.71. The molecule has 3 heterocycles. The molecule has 0 bridgehead atoms. The van der Waals surface area contributed by atoms with Gasteiger partial charge in [-0.2, -0.15) is 5.10 Å². The SMILES string of the molecule is CCC1c2ccsc2CCN1C(=O)c1nn(CC)cc1N. The Morgan fingerprint density at radius 3 is 3.00 bits per heavy atom. The highest BCUT2D eigenvalue weighted by Crippen LogP contribution is 2.36. The van der Waals surface area contributed by atoms with Crippen molar-refractivity contribution in [1.82, 2.24) is 14.7 Å². The number of thiophene rings is 1. The van der Waals surface area contributed by atoms with Gasteiger partial charge in [-0.3, -0.25) is 9.48 Å². The van der Waals surface area contributed by atoms with Crippen molar-refractivity contribution >= 4 is 22.9 Å². The molecule has 112 valence electrons. The van der Waals surface area contributed by atoms with Crippen molar-refractivity contribution in [3.05, 3.63) is 33.8 Å². The molecule has 21 heavy (non-hydrogen) atoms. The molecule has 1 atom stereocenters. The fourth-order valence-electron chi connectivity index (χ4n) is 2.98. The third-order valence-electron chi connectivity index (χ3n) is 4.06. The molecule has 0 saturated heterocycles. The first-order valence-electron chi connectivity index (χ1n) is 7.35. The zero-order chi connectivity index (χ0) is 15.0. The predicted molar refractivity (Wildman–Crippen MR) is 84.4 cm³/mol. The number of rotatable bonds is 3. The topological polar surface area (TPSA) is 64.2 Å². The Balaban J connectivity index is 1.92. The Hall–Kier alpha value is -1.82. The van der Waals surface area contributed by atoms with Gasteiger partial charge in [0, 0.05) is 24.2 Å². The number of hydrogen-bond acceptors (Lipinski definition) is 4. The molecular formula is C15H20N4OS. The normalized spacial score (nSPS) is 17.8. The Morgan fingerprint density at radius 2 is 2.33 bits per heavy atom. The molecule has 1 amide bonds. The second-order valence-electron chi connectivity index (χ2n) is 5.26. The minimum atomic E-state index is -0.0524. The van der Waals surface area contributed by atoms with Gasteiger partial charge in [-0.1, -0.05) is 6.92 Å². The largest absolute Gasteiger partial charge is 0.396 e. The lowest BCUT2D eigenvalue weighted by Gasteiger charge is -2.35. The molecule has 0 spiro atoms. The summed E-state index contributed by atoms with van der Waals surface area (Å²) in [6, 6.07) is 2.28. The van der Waals surface area contributed by atoms with Gasteiger partial charge in [-0.25, -0.2) is 0 Å². The van der Waals surface area contributed by atoms with E-state index >= 15 is 0 Å². The number of aryl methyl sites for hydroxylation is 1. The average Bonchev–Trinajstić information content (AvgIpc) is 3.11. The molecule has 0 aliphatic carbocycles. The standard InChI is InChI=1S/C15H20N4OS/c1-3-12-10-6-8-21-13(10)5-7-19(12)15(20)14-11(16)9-18(4-2)17-14/h6,8-9,12H,3-5,7,16H2,1-2H3. The van der Waals surface area contributed by atoms with Gasteiger partial charge >= 0.3 is 0 Å². The number of carbonyl (C=O) groups is 1. The molecule has 0 fully saturated rings. The van der Waals surface area contributed by atoms with Crippen LogP contribution in [-0.2, 0) is 13.0 Å². The van der Waals surface area contributed by atoms with Gasteiger partial charge in [0.15, 0.2) is 5.69 Å². The summed E-state index contributed by atoms with van der Waals surface area (Å²) in [5.41, 5.74) is 8.09. The third-order valence-corrected chi connectivity index (χ3v) is 5.06. The highest BCUT2D eigenvalue weighted by atomic mass is 32.1. The molecule has 3 rings (SSSR count). The van der Waals surface area contributed by atoms with E-state index in [4.69, 9.17) is 5.73 Å². The van der Waals surface area contributed by atoms with Crippen LogP contribution in [0.3, 0.4) is 0 Å². The van der Waals surface area contributed by atoms with Crippen molar-refractivity contribution in [2.75, 3.05) is 12.3 Å². The van der Waals surface area contributed by atoms with Crippen molar-refractivity contribution in [1.29, 1.82) is 0 Å². The number of nitrogens with two attached hydrogens (primary N) is 1. The minimum absolute atomic E-state index is 0.0524. The molecule has 2 N–H and O–H groups in total. The van der Waals surface area contributed by atoms with Crippen molar-refractivity contribution in [2.24, 2.45) is 0 Å². The maximum atomic E-state index is 12.8. The monoisotopic (exact) mass is 304 g/mol. The van der Waals surface area contributed by atoms with E-state index in [9.17, 15) is 4.79 Å². The van der Waals surface area contributed by atoms with Crippen LogP contribution in [0.5, 0.6) is 0 Å². The number of anilines is 1. The van der Waals surface area contributed by atoms with Gasteiger partial charge in [0.05, 0.1) is 11.7 Å². The number of nitrogens with zero attached hydrogens (tertiary/aromatic N) is 3. The van der Waals surface area contributed by atoms with Crippen LogP contribution in [-0.4, -0.2) is 27.1 Å². The highest BCUT2D eigenvalue weighted by Gasteiger charge is 2.32. The fraction of sp³-hybridized carbons (Fsp3) is 0.467. The van der Waals surface area contributed by atoms with E-state index in [-0.39, 0.29) is 11.9 Å². The van der Waals surface area contributed by atoms with Gasteiger partial charge in [0.2, 0.25) is 0 Å². The van der Waals surface area contributed by atoms with Crippen LogP contribution in [0.15, 0.2) is 17.6 Å². The zero-order valence-corrected chi connectivity index (χ0v) is 13.2. The second kappa shape index (κ2) is 5.52. The van der Waals surface area contributed by atoms with E-state index in [0.29, 0.717) is 17.9 Å². The fourth-order valence-corrected chi connectivity index (χ4v) is 3.91. The van der Waals surface area contributed by atoms with Gasteiger partial charge in [-0.05, 0) is 36.8 Å². The second-order valence-corrected chi connectivity index (χ2v) is 6.26. The molecule has 0 radical (unpaired) electrons. The van der Waals surface area contributed by atoms with Crippen LogP contribution in [0.4, 0.5) is 5.69 Å². The Bertz CT molecular complexity index is 660. The molecule has 1 aliphatic rings. The highest BCUT2D eigenvalue weighted by molar-refractivity contribution is 7.10. The van der Waals surface area contributed by atoms with Gasteiger partial charge < -0.3 is 10.6 Å². The first-order chi connectivity index (χ1) is 10.2. The molecule has 6 heteroatoms. The molecule has 1 aliphatic heterocycles. The van der Waals surface area contributed by atoms with E-state index in [1.807, 2.05) is 11.8 Å². The molecule has 5 nitrogen and oxygen atoms in total. The lowest BCUT2D eigenvalue weighted by molar-refractivity contribution is 0.0651. The first kappa shape index (κ1) is 14.1. The lowest BCUT2D eigenvalue weighted by atomic mass is 9.97. The Labute approximate surface area is 128 Å².